The van der Waals surface area contributed by atoms with Crippen LogP contribution in [0.25, 0.3) is 0 Å². The maximum absolute atomic E-state index is 13.6. The molecule has 0 aliphatic carbocycles. The molecule has 152 valence electrons. The second kappa shape index (κ2) is 8.09. The van der Waals surface area contributed by atoms with E-state index in [0.29, 0.717) is 0 Å². The van der Waals surface area contributed by atoms with Gasteiger partial charge in [-0.15, -0.1) is 0 Å². The molecule has 2 aromatic carbocycles. The molecule has 1 amide bonds. The number of benzene rings is 2. The number of nitro groups is 1. The molecule has 0 fully saturated rings. The molecule has 0 saturated carbocycles. The summed E-state index contributed by atoms with van der Waals surface area (Å²) >= 11 is 0. The highest BCUT2D eigenvalue weighted by Gasteiger charge is 2.29. The van der Waals surface area contributed by atoms with E-state index >= 15 is 0 Å². The highest BCUT2D eigenvalue weighted by atomic mass is 19.1. The van der Waals surface area contributed by atoms with Crippen LogP contribution < -0.4 is 14.8 Å². The van der Waals surface area contributed by atoms with Crippen LogP contribution in [0.3, 0.4) is 0 Å². The Balaban J connectivity index is 1.77. The van der Waals surface area contributed by atoms with E-state index in [4.69, 9.17) is 14.2 Å². The number of halogens is 2. The van der Waals surface area contributed by atoms with Crippen LogP contribution in [0.5, 0.6) is 11.5 Å². The number of anilines is 1. The van der Waals surface area contributed by atoms with Crippen LogP contribution in [0.1, 0.15) is 17.3 Å². The molecule has 0 radical (unpaired) electrons. The third-order valence-corrected chi connectivity index (χ3v) is 3.92. The second-order valence-corrected chi connectivity index (χ2v) is 5.93. The van der Waals surface area contributed by atoms with Crippen LogP contribution in [-0.4, -0.2) is 36.1 Å². The van der Waals surface area contributed by atoms with Gasteiger partial charge in [-0.25, -0.2) is 13.6 Å². The standard InChI is InChI=1S/C18H14F2N2O7/c1-9(17(23)21-13-6-10(19)2-3-12(13)20)29-18(24)11-7-15-16(28-5-4-27-15)8-14(11)22(25)26/h2-3,6-9H,4-5H2,1H3,(H,21,23)/t9-/m0/s1. The van der Waals surface area contributed by atoms with Crippen LogP contribution in [-0.2, 0) is 9.53 Å². The monoisotopic (exact) mass is 408 g/mol. The van der Waals surface area contributed by atoms with Gasteiger partial charge < -0.3 is 19.5 Å². The summed E-state index contributed by atoms with van der Waals surface area (Å²) in [5.74, 6) is -3.57. The van der Waals surface area contributed by atoms with Gasteiger partial charge in [-0.05, 0) is 19.1 Å². The first kappa shape index (κ1) is 20.0. The third kappa shape index (κ3) is 4.39. The van der Waals surface area contributed by atoms with Gasteiger partial charge >= 0.3 is 5.97 Å². The lowest BCUT2D eigenvalue weighted by molar-refractivity contribution is -0.385. The van der Waals surface area contributed by atoms with E-state index in [1.54, 1.807) is 0 Å². The number of esters is 1. The summed E-state index contributed by atoms with van der Waals surface area (Å²) < 4.78 is 42.3. The minimum Gasteiger partial charge on any atom is -0.486 e. The van der Waals surface area contributed by atoms with E-state index < -0.39 is 51.5 Å². The van der Waals surface area contributed by atoms with E-state index in [1.165, 1.54) is 6.92 Å². The van der Waals surface area contributed by atoms with Crippen molar-refractivity contribution in [1.29, 1.82) is 0 Å². The summed E-state index contributed by atoms with van der Waals surface area (Å²) in [7, 11) is 0. The van der Waals surface area contributed by atoms with Crippen molar-refractivity contribution in [2.75, 3.05) is 18.5 Å². The molecule has 1 aliphatic heterocycles. The number of nitrogens with zero attached hydrogens (tertiary/aromatic N) is 1. The predicted octanol–water partition coefficient (Wildman–Crippen LogP) is 2.83. The van der Waals surface area contributed by atoms with Gasteiger partial charge in [-0.1, -0.05) is 0 Å². The topological polar surface area (TPSA) is 117 Å². The Morgan fingerprint density at radius 1 is 1.17 bits per heavy atom. The zero-order valence-corrected chi connectivity index (χ0v) is 14.9. The number of carbonyl (C=O) groups is 2. The van der Waals surface area contributed by atoms with E-state index in [1.807, 2.05) is 0 Å². The number of nitro benzene ring substituents is 1. The second-order valence-electron chi connectivity index (χ2n) is 5.93. The SMILES string of the molecule is C[C@H](OC(=O)c1cc2c(cc1[N+](=O)[O-])OCCO2)C(=O)Nc1cc(F)ccc1F. The summed E-state index contributed by atoms with van der Waals surface area (Å²) in [5.41, 5.74) is -1.48. The van der Waals surface area contributed by atoms with Crippen LogP contribution in [0.15, 0.2) is 30.3 Å². The molecule has 2 aromatic rings. The lowest BCUT2D eigenvalue weighted by atomic mass is 10.1. The first-order valence-corrected chi connectivity index (χ1v) is 8.31. The Hall–Kier alpha value is -3.76. The van der Waals surface area contributed by atoms with Gasteiger partial charge in [-0.3, -0.25) is 14.9 Å². The molecule has 0 bridgehead atoms. The smallest absolute Gasteiger partial charge is 0.346 e. The number of amides is 1. The highest BCUT2D eigenvalue weighted by molar-refractivity contribution is 5.99. The number of hydrogen-bond acceptors (Lipinski definition) is 7. The van der Waals surface area contributed by atoms with Gasteiger partial charge in [0, 0.05) is 12.1 Å². The van der Waals surface area contributed by atoms with Crippen molar-refractivity contribution in [3.8, 4) is 11.5 Å². The Labute approximate surface area is 162 Å². The Kier molecular flexibility index (Phi) is 5.57. The van der Waals surface area contributed by atoms with Gasteiger partial charge in [0.25, 0.3) is 11.6 Å². The quantitative estimate of drug-likeness (QED) is 0.459. The van der Waals surface area contributed by atoms with Gasteiger partial charge in [0.1, 0.15) is 30.4 Å². The Morgan fingerprint density at radius 3 is 2.48 bits per heavy atom. The van der Waals surface area contributed by atoms with Crippen LogP contribution in [0.2, 0.25) is 0 Å². The van der Waals surface area contributed by atoms with E-state index in [0.717, 1.165) is 30.3 Å². The molecule has 1 atom stereocenters. The van der Waals surface area contributed by atoms with Gasteiger partial charge in [0.05, 0.1) is 16.7 Å². The predicted molar refractivity (Wildman–Crippen MR) is 94.0 cm³/mol. The van der Waals surface area contributed by atoms with E-state index in [-0.39, 0.29) is 24.7 Å². The fourth-order valence-corrected chi connectivity index (χ4v) is 2.50. The van der Waals surface area contributed by atoms with Crippen LogP contribution in [0.4, 0.5) is 20.2 Å². The van der Waals surface area contributed by atoms with Crippen molar-refractivity contribution in [3.63, 3.8) is 0 Å². The largest absolute Gasteiger partial charge is 0.486 e. The van der Waals surface area contributed by atoms with Gasteiger partial charge in [0.2, 0.25) is 0 Å². The maximum atomic E-state index is 13.6. The molecule has 9 nitrogen and oxygen atoms in total. The number of hydrogen-bond donors (Lipinski definition) is 1. The Morgan fingerprint density at radius 2 is 1.83 bits per heavy atom. The Bertz CT molecular complexity index is 996. The van der Waals surface area contributed by atoms with E-state index in [2.05, 4.69) is 5.32 Å². The lowest BCUT2D eigenvalue weighted by Crippen LogP contribution is -2.30. The molecule has 1 aliphatic rings. The summed E-state index contributed by atoms with van der Waals surface area (Å²) in [6, 6.07) is 4.56. The molecule has 3 rings (SSSR count). The molecular formula is C18H14F2N2O7. The molecule has 1 heterocycles. The molecule has 0 saturated heterocycles. The first-order valence-electron chi connectivity index (χ1n) is 8.31. The third-order valence-electron chi connectivity index (χ3n) is 3.92. The van der Waals surface area contributed by atoms with Crippen molar-refractivity contribution in [1.82, 2.24) is 0 Å². The number of carbonyl (C=O) groups excluding carboxylic acids is 2. The molecule has 29 heavy (non-hydrogen) atoms. The van der Waals surface area contributed by atoms with Gasteiger partial charge in [0.15, 0.2) is 17.6 Å². The van der Waals surface area contributed by atoms with E-state index in [9.17, 15) is 28.5 Å². The van der Waals surface area contributed by atoms with Crippen molar-refractivity contribution in [3.05, 3.63) is 57.6 Å². The number of fused-ring (bicyclic) bond motifs is 1. The summed E-state index contributed by atoms with van der Waals surface area (Å²) in [6.07, 6.45) is -1.46. The fourth-order valence-electron chi connectivity index (χ4n) is 2.50. The van der Waals surface area contributed by atoms with Crippen molar-refractivity contribution < 1.29 is 37.5 Å². The number of nitrogens with one attached hydrogen (secondary N) is 1. The summed E-state index contributed by atoms with van der Waals surface area (Å²) in [4.78, 5) is 35.0. The average Bonchev–Trinajstić information content (AvgIpc) is 2.69. The molecule has 11 heteroatoms. The molecule has 1 N–H and O–H groups in total. The number of ether oxygens (including phenoxy) is 3. The molecular weight excluding hydrogens is 394 g/mol. The molecule has 0 spiro atoms. The van der Waals surface area contributed by atoms with Crippen molar-refractivity contribution in [2.45, 2.75) is 13.0 Å². The molecule has 0 unspecified atom stereocenters. The summed E-state index contributed by atoms with van der Waals surface area (Å²) in [5, 5.41) is 13.4. The molecule has 0 aromatic heterocycles. The maximum Gasteiger partial charge on any atom is 0.346 e. The zero-order chi connectivity index (χ0) is 21.1. The van der Waals surface area contributed by atoms with Crippen LogP contribution >= 0.6 is 0 Å². The summed E-state index contributed by atoms with van der Waals surface area (Å²) in [6.45, 7) is 1.56. The zero-order valence-electron chi connectivity index (χ0n) is 14.9. The normalized spacial score (nSPS) is 13.3. The van der Waals surface area contributed by atoms with Crippen molar-refractivity contribution >= 4 is 23.3 Å². The van der Waals surface area contributed by atoms with Crippen LogP contribution in [0, 0.1) is 21.7 Å². The highest BCUT2D eigenvalue weighted by Crippen LogP contribution is 2.37. The minimum atomic E-state index is -1.46. The average molecular weight is 408 g/mol. The minimum absolute atomic E-state index is 0.104. The number of rotatable bonds is 5. The first-order chi connectivity index (χ1) is 13.8. The lowest BCUT2D eigenvalue weighted by Gasteiger charge is -2.19. The van der Waals surface area contributed by atoms with Gasteiger partial charge in [-0.2, -0.15) is 0 Å². The van der Waals surface area contributed by atoms with Crippen molar-refractivity contribution in [2.24, 2.45) is 0 Å². The fraction of sp³-hybridized carbons (Fsp3) is 0.222.